The van der Waals surface area contributed by atoms with Gasteiger partial charge in [0.25, 0.3) is 5.91 Å². The van der Waals surface area contributed by atoms with Crippen molar-refractivity contribution in [2.24, 2.45) is 7.05 Å². The van der Waals surface area contributed by atoms with Crippen LogP contribution in [0.1, 0.15) is 46.1 Å². The van der Waals surface area contributed by atoms with Gasteiger partial charge in [-0.3, -0.25) is 9.48 Å². The van der Waals surface area contributed by atoms with Gasteiger partial charge >= 0.3 is 0 Å². The number of hydrogen-bond acceptors (Lipinski definition) is 5. The fourth-order valence-electron chi connectivity index (χ4n) is 4.37. The molecule has 2 aromatic carbocycles. The lowest BCUT2D eigenvalue weighted by Gasteiger charge is -2.39. The average Bonchev–Trinajstić information content (AvgIpc) is 3.43. The summed E-state index contributed by atoms with van der Waals surface area (Å²) in [6.07, 6.45) is 3.62. The van der Waals surface area contributed by atoms with Crippen LogP contribution in [0.2, 0.25) is 0 Å². The summed E-state index contributed by atoms with van der Waals surface area (Å²) in [5.41, 5.74) is 2.77. The fourth-order valence-corrected chi connectivity index (χ4v) is 4.37. The second kappa shape index (κ2) is 7.84. The van der Waals surface area contributed by atoms with Crippen LogP contribution in [0, 0.1) is 11.6 Å². The molecule has 0 bridgehead atoms. The Balaban J connectivity index is 1.51. The highest BCUT2D eigenvalue weighted by Gasteiger charge is 2.36. The van der Waals surface area contributed by atoms with Gasteiger partial charge in [-0.2, -0.15) is 5.10 Å². The quantitative estimate of drug-likeness (QED) is 0.500. The normalized spacial score (nSPS) is 17.8. The van der Waals surface area contributed by atoms with E-state index < -0.39 is 11.6 Å². The number of phenols is 1. The molecule has 1 aliphatic rings. The molecule has 1 aliphatic heterocycles. The van der Waals surface area contributed by atoms with Crippen molar-refractivity contribution >= 4 is 5.91 Å². The molecular weight excluding hydrogens is 430 g/mol. The Kier molecular flexibility index (Phi) is 4.96. The molecule has 0 saturated heterocycles. The molecule has 0 aliphatic carbocycles. The first-order chi connectivity index (χ1) is 15.8. The molecule has 3 heterocycles. The van der Waals surface area contributed by atoms with E-state index in [1.807, 2.05) is 20.2 Å². The molecule has 0 unspecified atom stereocenters. The lowest BCUT2D eigenvalue weighted by atomic mass is 9.82. The Morgan fingerprint density at radius 1 is 1.15 bits per heavy atom. The number of aromatic nitrogens is 3. The number of carbonyl (C=O) groups excluding carboxylic acids is 1. The highest BCUT2D eigenvalue weighted by Crippen LogP contribution is 2.41. The second-order valence-electron chi connectivity index (χ2n) is 8.15. The van der Waals surface area contributed by atoms with Crippen LogP contribution in [0.3, 0.4) is 0 Å². The summed E-state index contributed by atoms with van der Waals surface area (Å²) in [7, 11) is 1.81. The average molecular weight is 450 g/mol. The molecule has 33 heavy (non-hydrogen) atoms. The summed E-state index contributed by atoms with van der Waals surface area (Å²) in [6, 6.07) is 9.27. The third-order valence-corrected chi connectivity index (χ3v) is 6.06. The summed E-state index contributed by atoms with van der Waals surface area (Å²) in [6.45, 7) is 2.23. The van der Waals surface area contributed by atoms with Gasteiger partial charge in [0.05, 0.1) is 17.8 Å². The SMILES string of the molecule is C[C@@H]1c2ccc(O)cc2[C@@H](c2cnn(C)c2)CN1C(=O)c1cc(-c2ccc(F)cc2F)on1. The molecule has 2 atom stereocenters. The Morgan fingerprint density at radius 3 is 2.70 bits per heavy atom. The molecule has 0 radical (unpaired) electrons. The molecule has 1 amide bonds. The van der Waals surface area contributed by atoms with E-state index in [-0.39, 0.29) is 40.6 Å². The third kappa shape index (κ3) is 3.65. The van der Waals surface area contributed by atoms with Crippen molar-refractivity contribution < 1.29 is 23.2 Å². The summed E-state index contributed by atoms with van der Waals surface area (Å²) >= 11 is 0. The van der Waals surface area contributed by atoms with E-state index in [2.05, 4.69) is 10.3 Å². The van der Waals surface area contributed by atoms with Crippen LogP contribution >= 0.6 is 0 Å². The number of carbonyl (C=O) groups is 1. The largest absolute Gasteiger partial charge is 0.508 e. The lowest BCUT2D eigenvalue weighted by Crippen LogP contribution is -2.41. The summed E-state index contributed by atoms with van der Waals surface area (Å²) in [4.78, 5) is 15.1. The number of fused-ring (bicyclic) bond motifs is 1. The second-order valence-corrected chi connectivity index (χ2v) is 8.15. The van der Waals surface area contributed by atoms with Gasteiger partial charge in [0.15, 0.2) is 11.5 Å². The maximum absolute atomic E-state index is 14.2. The van der Waals surface area contributed by atoms with Gasteiger partial charge in [-0.05, 0) is 47.9 Å². The predicted octanol–water partition coefficient (Wildman–Crippen LogP) is 4.41. The van der Waals surface area contributed by atoms with E-state index in [1.54, 1.807) is 34.0 Å². The Bertz CT molecular complexity index is 1360. The van der Waals surface area contributed by atoms with E-state index in [4.69, 9.17) is 4.52 Å². The van der Waals surface area contributed by atoms with Crippen LogP contribution in [0.4, 0.5) is 8.78 Å². The fraction of sp³-hybridized carbons (Fsp3) is 0.208. The first-order valence-electron chi connectivity index (χ1n) is 10.4. The van der Waals surface area contributed by atoms with Crippen molar-refractivity contribution in [3.8, 4) is 17.1 Å². The summed E-state index contributed by atoms with van der Waals surface area (Å²) < 4.78 is 34.3. The van der Waals surface area contributed by atoms with Crippen molar-refractivity contribution in [1.29, 1.82) is 0 Å². The maximum Gasteiger partial charge on any atom is 0.276 e. The molecule has 7 nitrogen and oxygen atoms in total. The molecule has 2 aromatic heterocycles. The van der Waals surface area contributed by atoms with Crippen LogP contribution in [0.25, 0.3) is 11.3 Å². The van der Waals surface area contributed by atoms with Crippen LogP contribution in [-0.4, -0.2) is 37.4 Å². The molecule has 1 N–H and O–H groups in total. The van der Waals surface area contributed by atoms with Crippen molar-refractivity contribution in [2.45, 2.75) is 18.9 Å². The predicted molar refractivity (Wildman–Crippen MR) is 114 cm³/mol. The van der Waals surface area contributed by atoms with Gasteiger partial charge in [0.1, 0.15) is 17.4 Å². The number of nitrogens with zero attached hydrogens (tertiary/aromatic N) is 4. The number of aryl methyl sites for hydroxylation is 1. The topological polar surface area (TPSA) is 84.4 Å². The summed E-state index contributed by atoms with van der Waals surface area (Å²) in [5, 5.41) is 18.2. The number of amides is 1. The van der Waals surface area contributed by atoms with Crippen LogP contribution in [0.5, 0.6) is 5.75 Å². The molecule has 4 aromatic rings. The molecule has 5 rings (SSSR count). The number of phenolic OH excluding ortho intramolecular Hbond substituents is 1. The highest BCUT2D eigenvalue weighted by atomic mass is 19.1. The number of halogens is 2. The summed E-state index contributed by atoms with van der Waals surface area (Å²) in [5.74, 6) is -1.91. The van der Waals surface area contributed by atoms with E-state index in [1.165, 1.54) is 12.1 Å². The first kappa shape index (κ1) is 20.9. The van der Waals surface area contributed by atoms with Gasteiger partial charge in [-0.15, -0.1) is 0 Å². The zero-order chi connectivity index (χ0) is 23.3. The van der Waals surface area contributed by atoms with Gasteiger partial charge in [-0.1, -0.05) is 11.2 Å². The number of hydrogen-bond donors (Lipinski definition) is 1. The van der Waals surface area contributed by atoms with Crippen molar-refractivity contribution in [2.75, 3.05) is 6.54 Å². The highest BCUT2D eigenvalue weighted by molar-refractivity contribution is 5.93. The molecular formula is C24H20F2N4O3. The first-order valence-corrected chi connectivity index (χ1v) is 10.4. The van der Waals surface area contributed by atoms with Crippen LogP contribution in [0.15, 0.2) is 59.4 Å². The van der Waals surface area contributed by atoms with Crippen LogP contribution < -0.4 is 0 Å². The van der Waals surface area contributed by atoms with E-state index in [9.17, 15) is 18.7 Å². The van der Waals surface area contributed by atoms with Crippen molar-refractivity contribution in [3.05, 3.63) is 88.9 Å². The van der Waals surface area contributed by atoms with Gasteiger partial charge in [0, 0.05) is 37.8 Å². The zero-order valence-electron chi connectivity index (χ0n) is 17.9. The molecule has 9 heteroatoms. The number of aromatic hydroxyl groups is 1. The van der Waals surface area contributed by atoms with Crippen molar-refractivity contribution in [3.63, 3.8) is 0 Å². The Labute approximate surface area is 187 Å². The smallest absolute Gasteiger partial charge is 0.276 e. The minimum Gasteiger partial charge on any atom is -0.508 e. The molecule has 0 fully saturated rings. The van der Waals surface area contributed by atoms with Crippen molar-refractivity contribution in [1.82, 2.24) is 19.8 Å². The van der Waals surface area contributed by atoms with Gasteiger partial charge in [-0.25, -0.2) is 8.78 Å². The third-order valence-electron chi connectivity index (χ3n) is 6.06. The monoisotopic (exact) mass is 450 g/mol. The minimum atomic E-state index is -0.804. The maximum atomic E-state index is 14.2. The molecule has 0 saturated carbocycles. The Morgan fingerprint density at radius 2 is 1.97 bits per heavy atom. The number of benzene rings is 2. The molecule has 168 valence electrons. The van der Waals surface area contributed by atoms with E-state index in [0.29, 0.717) is 6.54 Å². The standard InChI is InChI=1S/C24H20F2N4O3/c1-13-17-6-4-16(31)8-19(17)20(14-10-27-29(2)11-14)12-30(13)24(32)22-9-23(33-28-22)18-5-3-15(25)7-21(18)26/h3-11,13,20,31H,12H2,1-2H3/t13-,20-/m1/s1. The van der Waals surface area contributed by atoms with E-state index >= 15 is 0 Å². The van der Waals surface area contributed by atoms with Gasteiger partial charge < -0.3 is 14.5 Å². The minimum absolute atomic E-state index is 0.0173. The zero-order valence-corrected chi connectivity index (χ0v) is 17.9. The van der Waals surface area contributed by atoms with Crippen LogP contribution in [-0.2, 0) is 7.05 Å². The lowest BCUT2D eigenvalue weighted by molar-refractivity contribution is 0.0654. The van der Waals surface area contributed by atoms with E-state index in [0.717, 1.165) is 28.8 Å². The Hall–Kier alpha value is -4.01. The van der Waals surface area contributed by atoms with Gasteiger partial charge in [0.2, 0.25) is 0 Å². The molecule has 0 spiro atoms. The number of rotatable bonds is 3.